The van der Waals surface area contributed by atoms with Crippen LogP contribution in [0.3, 0.4) is 0 Å². The fourth-order valence-corrected chi connectivity index (χ4v) is 4.49. The summed E-state index contributed by atoms with van der Waals surface area (Å²) >= 11 is 0. The number of aromatic nitrogens is 2. The van der Waals surface area contributed by atoms with Gasteiger partial charge in [-0.25, -0.2) is 4.98 Å². The third-order valence-electron chi connectivity index (χ3n) is 5.67. The van der Waals surface area contributed by atoms with Crippen molar-refractivity contribution in [2.24, 2.45) is 11.8 Å². The molecule has 0 aromatic carbocycles. The SMILES string of the molecule is Cc1cnc(CN2C[C@@H]3COCC[C@]3(O)[C@H]3COCC[C@H]32)[nH]1. The number of fused-ring (bicyclic) bond motifs is 3. The van der Waals surface area contributed by atoms with Gasteiger partial charge in [0.2, 0.25) is 0 Å². The maximum Gasteiger partial charge on any atom is 0.120 e. The van der Waals surface area contributed by atoms with Crippen LogP contribution < -0.4 is 0 Å². The smallest absolute Gasteiger partial charge is 0.120 e. The Labute approximate surface area is 130 Å². The predicted molar refractivity (Wildman–Crippen MR) is 80.3 cm³/mol. The number of rotatable bonds is 2. The largest absolute Gasteiger partial charge is 0.389 e. The number of ether oxygens (including phenoxy) is 2. The van der Waals surface area contributed by atoms with Gasteiger partial charge in [0.1, 0.15) is 5.82 Å². The van der Waals surface area contributed by atoms with Gasteiger partial charge in [0.15, 0.2) is 0 Å². The first-order valence-corrected chi connectivity index (χ1v) is 8.29. The van der Waals surface area contributed by atoms with Crippen molar-refractivity contribution in [3.05, 3.63) is 17.7 Å². The van der Waals surface area contributed by atoms with Gasteiger partial charge in [-0.3, -0.25) is 4.90 Å². The molecule has 3 saturated heterocycles. The monoisotopic (exact) mass is 307 g/mol. The Morgan fingerprint density at radius 1 is 1.41 bits per heavy atom. The first-order chi connectivity index (χ1) is 10.7. The maximum atomic E-state index is 11.3. The summed E-state index contributed by atoms with van der Waals surface area (Å²) in [6.07, 6.45) is 3.59. The molecule has 1 aromatic heterocycles. The Bertz CT molecular complexity index is 534. The van der Waals surface area contributed by atoms with Crippen molar-refractivity contribution in [2.75, 3.05) is 33.0 Å². The van der Waals surface area contributed by atoms with E-state index in [0.717, 1.165) is 44.1 Å². The molecule has 0 aliphatic carbocycles. The van der Waals surface area contributed by atoms with Crippen LogP contribution in [0.2, 0.25) is 0 Å². The standard InChI is InChI=1S/C16H25N3O3/c1-11-6-17-15(18-11)8-19-7-12-9-22-5-3-16(12,20)13-10-21-4-2-14(13)19/h6,12-14,20H,2-5,7-10H2,1H3,(H,17,18)/t12-,13+,14-,16-/m1/s1. The van der Waals surface area contributed by atoms with Crippen molar-refractivity contribution in [1.29, 1.82) is 0 Å². The van der Waals surface area contributed by atoms with E-state index in [4.69, 9.17) is 9.47 Å². The topological polar surface area (TPSA) is 70.6 Å². The zero-order valence-corrected chi connectivity index (χ0v) is 13.1. The molecule has 22 heavy (non-hydrogen) atoms. The van der Waals surface area contributed by atoms with Crippen molar-refractivity contribution in [2.45, 2.75) is 38.0 Å². The number of nitrogens with zero attached hydrogens (tertiary/aromatic N) is 2. The van der Waals surface area contributed by atoms with Crippen molar-refractivity contribution < 1.29 is 14.6 Å². The summed E-state index contributed by atoms with van der Waals surface area (Å²) in [6, 6.07) is 0.374. The number of nitrogens with one attached hydrogen (secondary N) is 1. The fourth-order valence-electron chi connectivity index (χ4n) is 4.49. The van der Waals surface area contributed by atoms with Gasteiger partial charge in [0, 0.05) is 55.9 Å². The van der Waals surface area contributed by atoms with Crippen LogP contribution >= 0.6 is 0 Å². The number of hydrogen-bond donors (Lipinski definition) is 2. The van der Waals surface area contributed by atoms with Crippen LogP contribution in [0.15, 0.2) is 6.20 Å². The molecule has 0 bridgehead atoms. The zero-order chi connectivity index (χ0) is 15.2. The summed E-state index contributed by atoms with van der Waals surface area (Å²) in [5.74, 6) is 1.35. The molecule has 122 valence electrons. The molecule has 1 aromatic rings. The molecule has 4 rings (SSSR count). The second-order valence-corrected chi connectivity index (χ2v) is 6.99. The number of aliphatic hydroxyl groups is 1. The Morgan fingerprint density at radius 3 is 3.09 bits per heavy atom. The number of piperidine rings is 1. The Balaban J connectivity index is 1.59. The first kappa shape index (κ1) is 14.6. The van der Waals surface area contributed by atoms with Gasteiger partial charge in [-0.15, -0.1) is 0 Å². The van der Waals surface area contributed by atoms with Crippen LogP contribution in [-0.2, 0) is 16.0 Å². The van der Waals surface area contributed by atoms with Crippen LogP contribution in [0.25, 0.3) is 0 Å². The van der Waals surface area contributed by atoms with Gasteiger partial charge in [0.05, 0.1) is 25.4 Å². The number of aromatic amines is 1. The van der Waals surface area contributed by atoms with Crippen LogP contribution in [0.5, 0.6) is 0 Å². The van der Waals surface area contributed by atoms with Crippen LogP contribution in [-0.4, -0.2) is 64.6 Å². The highest BCUT2D eigenvalue weighted by Gasteiger charge is 2.55. The summed E-state index contributed by atoms with van der Waals surface area (Å²) in [5, 5.41) is 11.3. The highest BCUT2D eigenvalue weighted by Crippen LogP contribution is 2.44. The Kier molecular flexibility index (Phi) is 3.72. The average molecular weight is 307 g/mol. The van der Waals surface area contributed by atoms with E-state index < -0.39 is 5.60 Å². The lowest BCUT2D eigenvalue weighted by Gasteiger charge is -2.57. The van der Waals surface area contributed by atoms with E-state index in [1.807, 2.05) is 13.1 Å². The van der Waals surface area contributed by atoms with E-state index in [2.05, 4.69) is 14.9 Å². The number of H-pyrrole nitrogens is 1. The Hall–Kier alpha value is -0.950. The second-order valence-electron chi connectivity index (χ2n) is 6.99. The molecule has 0 unspecified atom stereocenters. The number of aryl methyl sites for hydroxylation is 1. The van der Waals surface area contributed by atoms with E-state index in [1.165, 1.54) is 0 Å². The quantitative estimate of drug-likeness (QED) is 0.842. The lowest BCUT2D eigenvalue weighted by Crippen LogP contribution is -2.67. The van der Waals surface area contributed by atoms with Crippen LogP contribution in [0.1, 0.15) is 24.4 Å². The molecule has 3 aliphatic heterocycles. The lowest BCUT2D eigenvalue weighted by molar-refractivity contribution is -0.221. The van der Waals surface area contributed by atoms with Gasteiger partial charge in [0.25, 0.3) is 0 Å². The third kappa shape index (κ3) is 2.38. The summed E-state index contributed by atoms with van der Waals surface area (Å²) in [7, 11) is 0. The molecule has 3 aliphatic rings. The second kappa shape index (κ2) is 5.60. The van der Waals surface area contributed by atoms with Gasteiger partial charge in [-0.2, -0.15) is 0 Å². The van der Waals surface area contributed by atoms with Crippen molar-refractivity contribution >= 4 is 0 Å². The number of imidazole rings is 1. The van der Waals surface area contributed by atoms with Gasteiger partial charge in [-0.1, -0.05) is 0 Å². The van der Waals surface area contributed by atoms with Gasteiger partial charge < -0.3 is 19.6 Å². The normalized spacial score (nSPS) is 39.3. The van der Waals surface area contributed by atoms with Crippen molar-refractivity contribution in [3.63, 3.8) is 0 Å². The molecule has 4 atom stereocenters. The minimum atomic E-state index is -0.626. The minimum Gasteiger partial charge on any atom is -0.389 e. The predicted octanol–water partition coefficient (Wildman–Crippen LogP) is 0.706. The summed E-state index contributed by atoms with van der Waals surface area (Å²) < 4.78 is 11.3. The van der Waals surface area contributed by atoms with E-state index in [9.17, 15) is 5.11 Å². The van der Waals surface area contributed by atoms with Crippen LogP contribution in [0, 0.1) is 18.8 Å². The Morgan fingerprint density at radius 2 is 2.27 bits per heavy atom. The molecule has 0 amide bonds. The average Bonchev–Trinajstić information content (AvgIpc) is 2.94. The summed E-state index contributed by atoms with van der Waals surface area (Å²) in [4.78, 5) is 10.2. The molecule has 0 spiro atoms. The van der Waals surface area contributed by atoms with E-state index in [-0.39, 0.29) is 11.8 Å². The molecule has 6 heteroatoms. The minimum absolute atomic E-state index is 0.167. The molecular weight excluding hydrogens is 282 g/mol. The van der Waals surface area contributed by atoms with E-state index in [1.54, 1.807) is 0 Å². The van der Waals surface area contributed by atoms with Gasteiger partial charge in [-0.05, 0) is 13.3 Å². The summed E-state index contributed by atoms with van der Waals surface area (Å²) in [6.45, 7) is 6.45. The highest BCUT2D eigenvalue weighted by atomic mass is 16.5. The highest BCUT2D eigenvalue weighted by molar-refractivity contribution is 5.07. The molecule has 0 saturated carbocycles. The van der Waals surface area contributed by atoms with Crippen molar-refractivity contribution in [3.8, 4) is 0 Å². The summed E-state index contributed by atoms with van der Waals surface area (Å²) in [5.41, 5.74) is 0.465. The maximum absolute atomic E-state index is 11.3. The first-order valence-electron chi connectivity index (χ1n) is 8.29. The zero-order valence-electron chi connectivity index (χ0n) is 13.1. The number of likely N-dealkylation sites (tertiary alicyclic amines) is 1. The van der Waals surface area contributed by atoms with Crippen LogP contribution in [0.4, 0.5) is 0 Å². The van der Waals surface area contributed by atoms with E-state index in [0.29, 0.717) is 25.9 Å². The molecule has 2 N–H and O–H groups in total. The van der Waals surface area contributed by atoms with Gasteiger partial charge >= 0.3 is 0 Å². The third-order valence-corrected chi connectivity index (χ3v) is 5.67. The molecule has 6 nitrogen and oxygen atoms in total. The molecular formula is C16H25N3O3. The van der Waals surface area contributed by atoms with Crippen molar-refractivity contribution in [1.82, 2.24) is 14.9 Å². The number of hydrogen-bond acceptors (Lipinski definition) is 5. The molecule has 0 radical (unpaired) electrons. The molecule has 3 fully saturated rings. The molecule has 4 heterocycles. The fraction of sp³-hybridized carbons (Fsp3) is 0.812. The lowest BCUT2D eigenvalue weighted by atomic mass is 9.66. The van der Waals surface area contributed by atoms with E-state index >= 15 is 0 Å².